The Morgan fingerprint density at radius 1 is 1.04 bits per heavy atom. The Balaban J connectivity index is 1.50. The average Bonchev–Trinajstić information content (AvgIpc) is 2.70. The molecule has 3 aromatic rings. The molecular weight excluding hydrogens is 340 g/mol. The first-order valence-corrected chi connectivity index (χ1v) is 8.51. The molecule has 0 aliphatic heterocycles. The molecule has 0 atom stereocenters. The lowest BCUT2D eigenvalue weighted by atomic mass is 10.1. The van der Waals surface area contributed by atoms with Crippen LogP contribution in [0.2, 0.25) is 0 Å². The number of carbonyl (C=O) groups is 1. The quantitative estimate of drug-likeness (QED) is 0.517. The minimum absolute atomic E-state index is 0.105. The molecule has 27 heavy (non-hydrogen) atoms. The molecule has 3 rings (SSSR count). The zero-order chi connectivity index (χ0) is 19.1. The number of hydrogen-bond donors (Lipinski definition) is 2. The lowest BCUT2D eigenvalue weighted by molar-refractivity contribution is -0.123. The largest absolute Gasteiger partial charge is 0.507 e. The third kappa shape index (κ3) is 5.19. The Kier molecular flexibility index (Phi) is 5.84. The van der Waals surface area contributed by atoms with Gasteiger partial charge in [0.1, 0.15) is 11.5 Å². The summed E-state index contributed by atoms with van der Waals surface area (Å²) < 4.78 is 5.47. The second kappa shape index (κ2) is 8.67. The van der Waals surface area contributed by atoms with Crippen LogP contribution in [-0.4, -0.2) is 23.8 Å². The number of amides is 1. The second-order valence-electron chi connectivity index (χ2n) is 6.03. The minimum Gasteiger partial charge on any atom is -0.507 e. The zero-order valence-electron chi connectivity index (χ0n) is 14.9. The summed E-state index contributed by atoms with van der Waals surface area (Å²) in [6.07, 6.45) is 1.40. The fraction of sp³-hybridized carbons (Fsp3) is 0.0909. The molecule has 0 saturated carbocycles. The van der Waals surface area contributed by atoms with E-state index in [-0.39, 0.29) is 18.3 Å². The van der Waals surface area contributed by atoms with Crippen LogP contribution in [0, 0.1) is 6.92 Å². The summed E-state index contributed by atoms with van der Waals surface area (Å²) in [6.45, 7) is 1.76. The normalized spacial score (nSPS) is 10.7. The number of nitrogens with zero attached hydrogens (tertiary/aromatic N) is 1. The van der Waals surface area contributed by atoms with Crippen molar-refractivity contribution in [3.05, 3.63) is 83.9 Å². The molecule has 0 unspecified atom stereocenters. The van der Waals surface area contributed by atoms with Crippen molar-refractivity contribution in [3.8, 4) is 22.6 Å². The standard InChI is InChI=1S/C22H20N2O3/c1-16-7-12-21(25)19(13-16)14-23-24-22(26)15-27-20-10-8-18(9-11-20)17-5-3-2-4-6-17/h2-14,25H,15H2,1H3,(H,24,26). The predicted octanol–water partition coefficient (Wildman–Crippen LogP) is 3.90. The minimum atomic E-state index is -0.384. The van der Waals surface area contributed by atoms with Crippen molar-refractivity contribution in [3.63, 3.8) is 0 Å². The Morgan fingerprint density at radius 2 is 1.74 bits per heavy atom. The van der Waals surface area contributed by atoms with Crippen LogP contribution in [0.5, 0.6) is 11.5 Å². The van der Waals surface area contributed by atoms with Crippen molar-refractivity contribution >= 4 is 12.1 Å². The van der Waals surface area contributed by atoms with Crippen LogP contribution in [-0.2, 0) is 4.79 Å². The van der Waals surface area contributed by atoms with Gasteiger partial charge in [0.15, 0.2) is 6.61 Å². The fourth-order valence-corrected chi connectivity index (χ4v) is 2.51. The van der Waals surface area contributed by atoms with Crippen LogP contribution in [0.4, 0.5) is 0 Å². The van der Waals surface area contributed by atoms with Crippen LogP contribution >= 0.6 is 0 Å². The summed E-state index contributed by atoms with van der Waals surface area (Å²) in [5.41, 5.74) is 6.10. The topological polar surface area (TPSA) is 70.9 Å². The maximum Gasteiger partial charge on any atom is 0.277 e. The maximum atomic E-state index is 11.8. The van der Waals surface area contributed by atoms with E-state index in [2.05, 4.69) is 10.5 Å². The summed E-state index contributed by atoms with van der Waals surface area (Å²) in [5.74, 6) is 0.323. The lowest BCUT2D eigenvalue weighted by Gasteiger charge is -2.07. The molecule has 5 nitrogen and oxygen atoms in total. The number of hydrogen-bond acceptors (Lipinski definition) is 4. The van der Waals surface area contributed by atoms with E-state index in [9.17, 15) is 9.90 Å². The van der Waals surface area contributed by atoms with Crippen molar-refractivity contribution in [2.75, 3.05) is 6.61 Å². The van der Waals surface area contributed by atoms with Crippen molar-refractivity contribution in [1.82, 2.24) is 5.43 Å². The van der Waals surface area contributed by atoms with E-state index < -0.39 is 0 Å². The van der Waals surface area contributed by atoms with Gasteiger partial charge in [-0.2, -0.15) is 5.10 Å². The first kappa shape index (κ1) is 18.2. The number of aromatic hydroxyl groups is 1. The van der Waals surface area contributed by atoms with Gasteiger partial charge in [0.25, 0.3) is 5.91 Å². The van der Waals surface area contributed by atoms with Gasteiger partial charge < -0.3 is 9.84 Å². The summed E-state index contributed by atoms with van der Waals surface area (Å²) in [7, 11) is 0. The molecule has 1 amide bonds. The molecule has 0 fully saturated rings. The summed E-state index contributed by atoms with van der Waals surface area (Å²) >= 11 is 0. The molecular formula is C22H20N2O3. The number of phenolic OH excluding ortho intramolecular Hbond substituents is 1. The highest BCUT2D eigenvalue weighted by atomic mass is 16.5. The van der Waals surface area contributed by atoms with E-state index in [1.54, 1.807) is 18.2 Å². The van der Waals surface area contributed by atoms with Crippen LogP contribution in [0.1, 0.15) is 11.1 Å². The van der Waals surface area contributed by atoms with Crippen molar-refractivity contribution < 1.29 is 14.6 Å². The number of ether oxygens (including phenoxy) is 1. The highest BCUT2D eigenvalue weighted by Gasteiger charge is 2.03. The van der Waals surface area contributed by atoms with Crippen molar-refractivity contribution in [2.24, 2.45) is 5.10 Å². The predicted molar refractivity (Wildman–Crippen MR) is 106 cm³/mol. The molecule has 0 aliphatic rings. The summed E-state index contributed by atoms with van der Waals surface area (Å²) in [4.78, 5) is 11.8. The molecule has 5 heteroatoms. The number of nitrogens with one attached hydrogen (secondary N) is 1. The van der Waals surface area contributed by atoms with Gasteiger partial charge in [-0.15, -0.1) is 0 Å². The molecule has 3 aromatic carbocycles. The van der Waals surface area contributed by atoms with Crippen LogP contribution in [0.25, 0.3) is 11.1 Å². The number of carbonyl (C=O) groups excluding carboxylic acids is 1. The van der Waals surface area contributed by atoms with Gasteiger partial charge in [0.05, 0.1) is 6.21 Å². The van der Waals surface area contributed by atoms with Gasteiger partial charge in [0, 0.05) is 5.56 Å². The molecule has 136 valence electrons. The molecule has 0 aromatic heterocycles. The van der Waals surface area contributed by atoms with Gasteiger partial charge in [-0.3, -0.25) is 4.79 Å². The van der Waals surface area contributed by atoms with Crippen LogP contribution in [0.15, 0.2) is 77.9 Å². The highest BCUT2D eigenvalue weighted by molar-refractivity contribution is 5.85. The molecule has 0 radical (unpaired) electrons. The third-order valence-electron chi connectivity index (χ3n) is 3.91. The van der Waals surface area contributed by atoms with Crippen molar-refractivity contribution in [1.29, 1.82) is 0 Å². The van der Waals surface area contributed by atoms with Gasteiger partial charge in [-0.25, -0.2) is 5.43 Å². The zero-order valence-corrected chi connectivity index (χ0v) is 14.9. The molecule has 0 spiro atoms. The van der Waals surface area contributed by atoms with Gasteiger partial charge in [-0.1, -0.05) is 54.1 Å². The van der Waals surface area contributed by atoms with Gasteiger partial charge in [-0.05, 0) is 42.3 Å². The van der Waals surface area contributed by atoms with Crippen LogP contribution < -0.4 is 10.2 Å². The van der Waals surface area contributed by atoms with E-state index >= 15 is 0 Å². The first-order chi connectivity index (χ1) is 13.1. The Hall–Kier alpha value is -3.60. The molecule has 0 bridgehead atoms. The van der Waals surface area contributed by atoms with Gasteiger partial charge >= 0.3 is 0 Å². The average molecular weight is 360 g/mol. The molecule has 2 N–H and O–H groups in total. The van der Waals surface area contributed by atoms with E-state index in [0.717, 1.165) is 16.7 Å². The number of aryl methyl sites for hydroxylation is 1. The van der Waals surface area contributed by atoms with E-state index in [4.69, 9.17) is 4.74 Å². The van der Waals surface area contributed by atoms with E-state index in [1.165, 1.54) is 6.21 Å². The monoisotopic (exact) mass is 360 g/mol. The number of hydrazone groups is 1. The highest BCUT2D eigenvalue weighted by Crippen LogP contribution is 2.22. The first-order valence-electron chi connectivity index (χ1n) is 8.51. The molecule has 0 aliphatic carbocycles. The Morgan fingerprint density at radius 3 is 2.48 bits per heavy atom. The molecule has 0 heterocycles. The Labute approximate surface area is 157 Å². The van der Waals surface area contributed by atoms with E-state index in [1.807, 2.05) is 61.5 Å². The SMILES string of the molecule is Cc1ccc(O)c(C=NNC(=O)COc2ccc(-c3ccccc3)cc2)c1. The summed E-state index contributed by atoms with van der Waals surface area (Å²) in [6, 6.07) is 22.7. The smallest absolute Gasteiger partial charge is 0.277 e. The Bertz CT molecular complexity index is 936. The van der Waals surface area contributed by atoms with E-state index in [0.29, 0.717) is 11.3 Å². The second-order valence-corrected chi connectivity index (χ2v) is 6.03. The fourth-order valence-electron chi connectivity index (χ4n) is 2.51. The third-order valence-corrected chi connectivity index (χ3v) is 3.91. The lowest BCUT2D eigenvalue weighted by Crippen LogP contribution is -2.24. The maximum absolute atomic E-state index is 11.8. The van der Waals surface area contributed by atoms with Crippen LogP contribution in [0.3, 0.4) is 0 Å². The van der Waals surface area contributed by atoms with Crippen molar-refractivity contribution in [2.45, 2.75) is 6.92 Å². The number of benzene rings is 3. The summed E-state index contributed by atoms with van der Waals surface area (Å²) in [5, 5.41) is 13.6. The number of rotatable bonds is 6. The number of phenols is 1. The molecule has 0 saturated heterocycles. The van der Waals surface area contributed by atoms with Gasteiger partial charge in [0.2, 0.25) is 0 Å².